The highest BCUT2D eigenvalue weighted by Crippen LogP contribution is 2.05. The van der Waals surface area contributed by atoms with Crippen LogP contribution in [0.4, 0.5) is 0 Å². The Morgan fingerprint density at radius 2 is 2.57 bits per heavy atom. The molecule has 1 saturated heterocycles. The molecular weight excluding hydrogens is 96.0 g/mol. The van der Waals surface area contributed by atoms with Gasteiger partial charge >= 0.3 is 0 Å². The lowest BCUT2D eigenvalue weighted by Gasteiger charge is -1.97. The lowest BCUT2D eigenvalue weighted by Crippen LogP contribution is -2.08. The molecule has 1 rings (SSSR count). The van der Waals surface area contributed by atoms with E-state index in [0.717, 1.165) is 6.42 Å². The van der Waals surface area contributed by atoms with Gasteiger partial charge in [-0.3, -0.25) is 5.26 Å². The van der Waals surface area contributed by atoms with E-state index in [2.05, 4.69) is 4.89 Å². The highest BCUT2D eigenvalue weighted by Gasteiger charge is 2.14. The third-order valence-corrected chi connectivity index (χ3v) is 1.04. The lowest BCUT2D eigenvalue weighted by atomic mass is 10.3. The van der Waals surface area contributed by atoms with E-state index in [0.29, 0.717) is 13.2 Å². The van der Waals surface area contributed by atoms with Crippen LogP contribution >= 0.6 is 0 Å². The van der Waals surface area contributed by atoms with Gasteiger partial charge in [-0.1, -0.05) is 0 Å². The molecule has 1 aliphatic rings. The Hall–Kier alpha value is -0.120. The Labute approximate surface area is 41.8 Å². The Morgan fingerprint density at radius 1 is 1.71 bits per heavy atom. The first-order valence-corrected chi connectivity index (χ1v) is 2.31. The molecule has 1 N–H and O–H groups in total. The predicted octanol–water partition coefficient (Wildman–Crippen LogP) is 0.265. The van der Waals surface area contributed by atoms with Gasteiger partial charge in [0.25, 0.3) is 0 Å². The molecule has 1 atom stereocenters. The van der Waals surface area contributed by atoms with Gasteiger partial charge in [-0.25, -0.2) is 4.89 Å². The number of hydrogen-bond acceptors (Lipinski definition) is 3. The van der Waals surface area contributed by atoms with Crippen molar-refractivity contribution in [3.05, 3.63) is 0 Å². The summed E-state index contributed by atoms with van der Waals surface area (Å²) in [5.41, 5.74) is 0. The summed E-state index contributed by atoms with van der Waals surface area (Å²) < 4.78 is 4.86. The number of hydrogen-bond donors (Lipinski definition) is 1. The summed E-state index contributed by atoms with van der Waals surface area (Å²) in [7, 11) is 0. The second kappa shape index (κ2) is 2.26. The van der Waals surface area contributed by atoms with Crippen LogP contribution in [0.25, 0.3) is 0 Å². The largest absolute Gasteiger partial charge is 0.379 e. The molecule has 42 valence electrons. The van der Waals surface area contributed by atoms with Crippen LogP contribution in [-0.4, -0.2) is 24.6 Å². The van der Waals surface area contributed by atoms with E-state index in [1.54, 1.807) is 0 Å². The van der Waals surface area contributed by atoms with E-state index in [4.69, 9.17) is 9.99 Å². The zero-order valence-electron chi connectivity index (χ0n) is 3.96. The van der Waals surface area contributed by atoms with E-state index < -0.39 is 0 Å². The molecule has 0 radical (unpaired) electrons. The number of ether oxygens (including phenoxy) is 1. The summed E-state index contributed by atoms with van der Waals surface area (Å²) in [6, 6.07) is 0. The summed E-state index contributed by atoms with van der Waals surface area (Å²) in [6.07, 6.45) is 0.747. The average Bonchev–Trinajstić information content (AvgIpc) is 2.14. The fraction of sp³-hybridized carbons (Fsp3) is 1.00. The van der Waals surface area contributed by atoms with Gasteiger partial charge in [0.2, 0.25) is 0 Å². The van der Waals surface area contributed by atoms with Crippen LogP contribution in [0, 0.1) is 0 Å². The van der Waals surface area contributed by atoms with Gasteiger partial charge < -0.3 is 4.74 Å². The Bertz CT molecular complexity index is 48.9. The summed E-state index contributed by atoms with van der Waals surface area (Å²) >= 11 is 0. The molecule has 0 saturated carbocycles. The topological polar surface area (TPSA) is 38.7 Å². The van der Waals surface area contributed by atoms with Crippen molar-refractivity contribution in [1.29, 1.82) is 0 Å². The Balaban J connectivity index is 2.14. The van der Waals surface area contributed by atoms with E-state index in [1.165, 1.54) is 0 Å². The van der Waals surface area contributed by atoms with E-state index >= 15 is 0 Å². The van der Waals surface area contributed by atoms with Gasteiger partial charge in [-0.15, -0.1) is 0 Å². The fourth-order valence-corrected chi connectivity index (χ4v) is 0.596. The SMILES string of the molecule is OO[C@@H]1CCOC1. The molecule has 0 spiro atoms. The van der Waals surface area contributed by atoms with Gasteiger partial charge in [0.1, 0.15) is 6.10 Å². The van der Waals surface area contributed by atoms with Crippen LogP contribution in [0.3, 0.4) is 0 Å². The van der Waals surface area contributed by atoms with Gasteiger partial charge in [0, 0.05) is 13.0 Å². The first kappa shape index (κ1) is 5.03. The van der Waals surface area contributed by atoms with Crippen molar-refractivity contribution in [2.75, 3.05) is 13.2 Å². The Morgan fingerprint density at radius 3 is 2.86 bits per heavy atom. The van der Waals surface area contributed by atoms with Crippen LogP contribution in [0.1, 0.15) is 6.42 Å². The monoisotopic (exact) mass is 104 g/mol. The van der Waals surface area contributed by atoms with E-state index in [-0.39, 0.29) is 6.10 Å². The van der Waals surface area contributed by atoms with E-state index in [9.17, 15) is 0 Å². The van der Waals surface area contributed by atoms with E-state index in [1.807, 2.05) is 0 Å². The molecule has 3 heteroatoms. The zero-order valence-corrected chi connectivity index (χ0v) is 3.96. The van der Waals surface area contributed by atoms with Crippen molar-refractivity contribution in [1.82, 2.24) is 0 Å². The maximum Gasteiger partial charge on any atom is 0.118 e. The smallest absolute Gasteiger partial charge is 0.118 e. The third-order valence-electron chi connectivity index (χ3n) is 1.04. The maximum atomic E-state index is 7.99. The van der Waals surface area contributed by atoms with Crippen LogP contribution in [0.2, 0.25) is 0 Å². The third kappa shape index (κ3) is 1.12. The molecule has 0 amide bonds. The van der Waals surface area contributed by atoms with Gasteiger partial charge in [0.05, 0.1) is 6.61 Å². The van der Waals surface area contributed by atoms with Crippen LogP contribution < -0.4 is 0 Å². The average molecular weight is 104 g/mol. The minimum atomic E-state index is -0.0694. The molecule has 0 bridgehead atoms. The van der Waals surface area contributed by atoms with Crippen molar-refractivity contribution in [3.63, 3.8) is 0 Å². The molecule has 3 nitrogen and oxygen atoms in total. The molecular formula is C4H8O3. The first-order chi connectivity index (χ1) is 3.43. The van der Waals surface area contributed by atoms with Gasteiger partial charge in [-0.05, 0) is 0 Å². The molecule has 0 aliphatic carbocycles. The molecule has 0 aromatic heterocycles. The zero-order chi connectivity index (χ0) is 5.11. The van der Waals surface area contributed by atoms with Crippen molar-refractivity contribution in [2.45, 2.75) is 12.5 Å². The van der Waals surface area contributed by atoms with Gasteiger partial charge in [-0.2, -0.15) is 0 Å². The molecule has 0 unspecified atom stereocenters. The number of rotatable bonds is 1. The van der Waals surface area contributed by atoms with Crippen molar-refractivity contribution in [3.8, 4) is 0 Å². The molecule has 1 fully saturated rings. The predicted molar refractivity (Wildman–Crippen MR) is 22.9 cm³/mol. The quantitative estimate of drug-likeness (QED) is 0.383. The summed E-state index contributed by atoms with van der Waals surface area (Å²) in [5.74, 6) is 0. The Kier molecular flexibility index (Phi) is 1.62. The lowest BCUT2D eigenvalue weighted by molar-refractivity contribution is -0.276. The first-order valence-electron chi connectivity index (χ1n) is 2.31. The highest BCUT2D eigenvalue weighted by molar-refractivity contribution is 4.59. The summed E-state index contributed by atoms with van der Waals surface area (Å²) in [6.45, 7) is 1.25. The second-order valence-electron chi connectivity index (χ2n) is 1.59. The van der Waals surface area contributed by atoms with Crippen molar-refractivity contribution >= 4 is 0 Å². The molecule has 1 heterocycles. The summed E-state index contributed by atoms with van der Waals surface area (Å²) in [4.78, 5) is 3.99. The normalized spacial score (nSPS) is 31.3. The van der Waals surface area contributed by atoms with Crippen LogP contribution in [0.15, 0.2) is 0 Å². The molecule has 0 aromatic rings. The molecule has 7 heavy (non-hydrogen) atoms. The summed E-state index contributed by atoms with van der Waals surface area (Å²) in [5, 5.41) is 7.99. The molecule has 1 aliphatic heterocycles. The standard InChI is InChI=1S/C4H8O3/c5-7-4-1-2-6-3-4/h4-5H,1-3H2/t4-/m1/s1. The molecule has 0 aromatic carbocycles. The van der Waals surface area contributed by atoms with Gasteiger partial charge in [0.15, 0.2) is 0 Å². The van der Waals surface area contributed by atoms with Crippen molar-refractivity contribution in [2.24, 2.45) is 0 Å². The van der Waals surface area contributed by atoms with Crippen LogP contribution in [-0.2, 0) is 9.62 Å². The fourth-order valence-electron chi connectivity index (χ4n) is 0.596. The maximum absolute atomic E-state index is 7.99. The minimum absolute atomic E-state index is 0.0694. The van der Waals surface area contributed by atoms with Crippen LogP contribution in [0.5, 0.6) is 0 Å². The highest BCUT2D eigenvalue weighted by atomic mass is 17.1. The second-order valence-corrected chi connectivity index (χ2v) is 1.59. The van der Waals surface area contributed by atoms with Crippen molar-refractivity contribution < 1.29 is 14.9 Å². The minimum Gasteiger partial charge on any atom is -0.379 e.